The van der Waals surface area contributed by atoms with Crippen LogP contribution in [0.2, 0.25) is 5.02 Å². The number of hydrogen-bond acceptors (Lipinski definition) is 4. The van der Waals surface area contributed by atoms with Crippen LogP contribution >= 0.6 is 11.6 Å². The van der Waals surface area contributed by atoms with Gasteiger partial charge in [-0.2, -0.15) is 0 Å². The molecular formula is C12H13ClN4O4. The molecule has 1 aliphatic heterocycles. The highest BCUT2D eigenvalue weighted by atomic mass is 35.5. The van der Waals surface area contributed by atoms with Crippen LogP contribution in [0, 0.1) is 10.1 Å². The van der Waals surface area contributed by atoms with Gasteiger partial charge in [0.15, 0.2) is 0 Å². The van der Waals surface area contributed by atoms with Gasteiger partial charge < -0.3 is 16.0 Å². The highest BCUT2D eigenvalue weighted by Gasteiger charge is 2.20. The van der Waals surface area contributed by atoms with Gasteiger partial charge in [0.2, 0.25) is 5.91 Å². The summed E-state index contributed by atoms with van der Waals surface area (Å²) < 4.78 is 0. The quantitative estimate of drug-likeness (QED) is 0.581. The number of carbonyl (C=O) groups excluding carboxylic acids is 2. The van der Waals surface area contributed by atoms with Crippen LogP contribution < -0.4 is 16.0 Å². The first-order valence-corrected chi connectivity index (χ1v) is 6.61. The molecule has 0 unspecified atom stereocenters. The topological polar surface area (TPSA) is 113 Å². The molecule has 9 heteroatoms. The molecule has 1 aromatic carbocycles. The Balaban J connectivity index is 1.93. The number of urea groups is 1. The van der Waals surface area contributed by atoms with Gasteiger partial charge in [-0.05, 0) is 12.5 Å². The van der Waals surface area contributed by atoms with Gasteiger partial charge in [0.05, 0.1) is 15.6 Å². The number of carbonyl (C=O) groups is 2. The van der Waals surface area contributed by atoms with Crippen molar-refractivity contribution < 1.29 is 14.5 Å². The largest absolute Gasteiger partial charge is 0.354 e. The van der Waals surface area contributed by atoms with Crippen LogP contribution in [0.5, 0.6) is 0 Å². The monoisotopic (exact) mass is 312 g/mol. The molecule has 0 saturated carbocycles. The summed E-state index contributed by atoms with van der Waals surface area (Å²) in [6.07, 6.45) is 0.927. The molecule has 112 valence electrons. The van der Waals surface area contributed by atoms with Gasteiger partial charge in [-0.15, -0.1) is 0 Å². The zero-order chi connectivity index (χ0) is 15.4. The minimum absolute atomic E-state index is 0.0353. The van der Waals surface area contributed by atoms with Gasteiger partial charge in [-0.3, -0.25) is 14.9 Å². The number of benzene rings is 1. The van der Waals surface area contributed by atoms with Crippen LogP contribution in [-0.4, -0.2) is 29.4 Å². The molecule has 2 rings (SSSR count). The Morgan fingerprint density at radius 1 is 1.48 bits per heavy atom. The molecule has 1 aliphatic rings. The Labute approximate surface area is 125 Å². The number of piperidine rings is 1. The van der Waals surface area contributed by atoms with Gasteiger partial charge >= 0.3 is 6.03 Å². The van der Waals surface area contributed by atoms with Gasteiger partial charge in [-0.1, -0.05) is 11.6 Å². The van der Waals surface area contributed by atoms with Crippen LogP contribution in [0.4, 0.5) is 16.2 Å². The van der Waals surface area contributed by atoms with E-state index in [0.29, 0.717) is 19.4 Å². The summed E-state index contributed by atoms with van der Waals surface area (Å²) >= 11 is 5.88. The average Bonchev–Trinajstić information content (AvgIpc) is 2.43. The molecule has 1 aromatic rings. The first-order valence-electron chi connectivity index (χ1n) is 6.24. The summed E-state index contributed by atoms with van der Waals surface area (Å²) in [4.78, 5) is 32.8. The molecular weight excluding hydrogens is 300 g/mol. The van der Waals surface area contributed by atoms with Gasteiger partial charge in [0.1, 0.15) is 0 Å². The van der Waals surface area contributed by atoms with Crippen LogP contribution in [0.25, 0.3) is 0 Å². The Morgan fingerprint density at radius 2 is 2.24 bits per heavy atom. The third-order valence-electron chi connectivity index (χ3n) is 3.01. The van der Waals surface area contributed by atoms with E-state index in [2.05, 4.69) is 16.0 Å². The van der Waals surface area contributed by atoms with E-state index in [0.717, 1.165) is 6.07 Å². The van der Waals surface area contributed by atoms with Crippen LogP contribution in [-0.2, 0) is 4.79 Å². The van der Waals surface area contributed by atoms with Crippen LogP contribution in [0.15, 0.2) is 18.2 Å². The molecule has 3 N–H and O–H groups in total. The van der Waals surface area contributed by atoms with Crippen molar-refractivity contribution in [2.75, 3.05) is 11.9 Å². The SMILES string of the molecule is O=C1CC[C@@H](NC(=O)Nc2ccc([N+](=O)[O-])cc2Cl)CN1. The van der Waals surface area contributed by atoms with Crippen LogP contribution in [0.3, 0.4) is 0 Å². The fourth-order valence-corrected chi connectivity index (χ4v) is 2.14. The van der Waals surface area contributed by atoms with E-state index in [-0.39, 0.29) is 28.3 Å². The molecule has 1 heterocycles. The summed E-state index contributed by atoms with van der Waals surface area (Å²) in [7, 11) is 0. The minimum atomic E-state index is -0.569. The van der Waals surface area contributed by atoms with Crippen molar-refractivity contribution in [2.24, 2.45) is 0 Å². The number of nitrogens with zero attached hydrogens (tertiary/aromatic N) is 1. The smallest absolute Gasteiger partial charge is 0.319 e. The number of nitro benzene ring substituents is 1. The maximum Gasteiger partial charge on any atom is 0.319 e. The van der Waals surface area contributed by atoms with Crippen molar-refractivity contribution in [3.05, 3.63) is 33.3 Å². The third kappa shape index (κ3) is 4.06. The Hall–Kier alpha value is -2.35. The molecule has 0 aliphatic carbocycles. The number of hydrogen-bond donors (Lipinski definition) is 3. The lowest BCUT2D eigenvalue weighted by Crippen LogP contribution is -2.48. The first-order chi connectivity index (χ1) is 9.95. The Bertz CT molecular complexity index is 583. The molecule has 1 saturated heterocycles. The normalized spacial score (nSPS) is 17.8. The molecule has 0 radical (unpaired) electrons. The number of nitrogens with one attached hydrogen (secondary N) is 3. The zero-order valence-electron chi connectivity index (χ0n) is 10.9. The van der Waals surface area contributed by atoms with E-state index in [4.69, 9.17) is 11.6 Å². The highest BCUT2D eigenvalue weighted by Crippen LogP contribution is 2.26. The predicted molar refractivity (Wildman–Crippen MR) is 76.3 cm³/mol. The zero-order valence-corrected chi connectivity index (χ0v) is 11.6. The Kier molecular flexibility index (Phi) is 4.59. The second kappa shape index (κ2) is 6.40. The number of anilines is 1. The van der Waals surface area contributed by atoms with Crippen molar-refractivity contribution in [3.63, 3.8) is 0 Å². The van der Waals surface area contributed by atoms with E-state index >= 15 is 0 Å². The molecule has 1 atom stereocenters. The second-order valence-electron chi connectivity index (χ2n) is 4.56. The maximum atomic E-state index is 11.8. The van der Waals surface area contributed by atoms with Crippen molar-refractivity contribution in [1.29, 1.82) is 0 Å². The Morgan fingerprint density at radius 3 is 2.81 bits per heavy atom. The number of amides is 3. The van der Waals surface area contributed by atoms with Gasteiger partial charge in [0.25, 0.3) is 5.69 Å². The number of nitro groups is 1. The van der Waals surface area contributed by atoms with E-state index < -0.39 is 11.0 Å². The van der Waals surface area contributed by atoms with Gasteiger partial charge in [-0.25, -0.2) is 4.79 Å². The van der Waals surface area contributed by atoms with E-state index in [9.17, 15) is 19.7 Å². The van der Waals surface area contributed by atoms with E-state index in [1.54, 1.807) is 0 Å². The summed E-state index contributed by atoms with van der Waals surface area (Å²) in [5.41, 5.74) is 0.126. The summed E-state index contributed by atoms with van der Waals surface area (Å²) in [5.74, 6) is -0.0353. The maximum absolute atomic E-state index is 11.8. The van der Waals surface area contributed by atoms with Crippen molar-refractivity contribution >= 4 is 34.9 Å². The molecule has 8 nitrogen and oxygen atoms in total. The molecule has 1 fully saturated rings. The lowest BCUT2D eigenvalue weighted by atomic mass is 10.1. The van der Waals surface area contributed by atoms with Gasteiger partial charge in [0, 0.05) is 31.1 Å². The first kappa shape index (κ1) is 15.0. The number of halogens is 1. The minimum Gasteiger partial charge on any atom is -0.354 e. The number of non-ortho nitro benzene ring substituents is 1. The highest BCUT2D eigenvalue weighted by molar-refractivity contribution is 6.33. The van der Waals surface area contributed by atoms with Crippen LogP contribution in [0.1, 0.15) is 12.8 Å². The second-order valence-corrected chi connectivity index (χ2v) is 4.97. The lowest BCUT2D eigenvalue weighted by Gasteiger charge is -2.23. The van der Waals surface area contributed by atoms with E-state index in [1.165, 1.54) is 12.1 Å². The summed E-state index contributed by atoms with van der Waals surface area (Å²) in [5, 5.41) is 18.5. The fraction of sp³-hybridized carbons (Fsp3) is 0.333. The summed E-state index contributed by atoms with van der Waals surface area (Å²) in [6, 6.07) is 3.15. The molecule has 0 aromatic heterocycles. The standard InChI is InChI=1S/C12H13ClN4O4/c13-9-5-8(17(20)21)2-3-10(9)16-12(19)15-7-1-4-11(18)14-6-7/h2-3,5,7H,1,4,6H2,(H,14,18)(H2,15,16,19)/t7-/m1/s1. The van der Waals surface area contributed by atoms with E-state index in [1.807, 2.05) is 0 Å². The lowest BCUT2D eigenvalue weighted by molar-refractivity contribution is -0.384. The van der Waals surface area contributed by atoms with Crippen molar-refractivity contribution in [1.82, 2.24) is 10.6 Å². The fourth-order valence-electron chi connectivity index (χ4n) is 1.92. The molecule has 21 heavy (non-hydrogen) atoms. The molecule has 0 spiro atoms. The number of rotatable bonds is 3. The molecule has 0 bridgehead atoms. The summed E-state index contributed by atoms with van der Waals surface area (Å²) in [6.45, 7) is 0.375. The average molecular weight is 313 g/mol. The molecule has 3 amide bonds. The third-order valence-corrected chi connectivity index (χ3v) is 3.33. The predicted octanol–water partition coefficient (Wildman–Crippen LogP) is 1.65. The van der Waals surface area contributed by atoms with Crippen molar-refractivity contribution in [2.45, 2.75) is 18.9 Å². The van der Waals surface area contributed by atoms with Crippen molar-refractivity contribution in [3.8, 4) is 0 Å².